The van der Waals surface area contributed by atoms with E-state index in [9.17, 15) is 0 Å². The topological polar surface area (TPSA) is 70.6 Å². The third-order valence-corrected chi connectivity index (χ3v) is 4.49. The minimum absolute atomic E-state index is 0.117. The third-order valence-electron chi connectivity index (χ3n) is 3.16. The van der Waals surface area contributed by atoms with E-state index in [-0.39, 0.29) is 5.84 Å². The number of nitrogens with two attached hydrogens (primary N) is 1. The number of amidine groups is 1. The molecule has 0 atom stereocenters. The number of nitrogens with zero attached hydrogens (tertiary/aromatic N) is 1. The second-order valence-corrected chi connectivity index (χ2v) is 6.29. The first-order valence-corrected chi connectivity index (χ1v) is 7.87. The van der Waals surface area contributed by atoms with Crippen molar-refractivity contribution in [2.75, 3.05) is 5.32 Å². The molecular formula is C15H15Br2N3O. The van der Waals surface area contributed by atoms with Crippen LogP contribution in [0.1, 0.15) is 16.7 Å². The van der Waals surface area contributed by atoms with Gasteiger partial charge in [0.25, 0.3) is 0 Å². The number of benzene rings is 2. The van der Waals surface area contributed by atoms with Crippen molar-refractivity contribution in [2.24, 2.45) is 10.9 Å². The van der Waals surface area contributed by atoms with Gasteiger partial charge in [-0.05, 0) is 68.1 Å². The Hall–Kier alpha value is -1.53. The number of para-hydroxylation sites is 1. The minimum Gasteiger partial charge on any atom is -0.409 e. The molecule has 110 valence electrons. The number of nitrogens with one attached hydrogen (secondary N) is 1. The zero-order valence-electron chi connectivity index (χ0n) is 11.4. The van der Waals surface area contributed by atoms with Crippen LogP contribution in [0.2, 0.25) is 0 Å². The molecule has 0 aromatic heterocycles. The Morgan fingerprint density at radius 2 is 1.90 bits per heavy atom. The van der Waals surface area contributed by atoms with E-state index in [1.54, 1.807) is 0 Å². The molecule has 0 saturated carbocycles. The molecule has 0 fully saturated rings. The summed E-state index contributed by atoms with van der Waals surface area (Å²) in [5.41, 5.74) is 9.53. The van der Waals surface area contributed by atoms with Crippen molar-refractivity contribution >= 4 is 43.4 Å². The van der Waals surface area contributed by atoms with Gasteiger partial charge in [0.15, 0.2) is 5.84 Å². The summed E-state index contributed by atoms with van der Waals surface area (Å²) in [6.45, 7) is 2.68. The molecule has 0 bridgehead atoms. The molecule has 4 nitrogen and oxygen atoms in total. The number of hydrogen-bond acceptors (Lipinski definition) is 3. The van der Waals surface area contributed by atoms with E-state index in [0.717, 1.165) is 25.8 Å². The second kappa shape index (κ2) is 6.95. The Kier molecular flexibility index (Phi) is 5.25. The van der Waals surface area contributed by atoms with Gasteiger partial charge in [0.2, 0.25) is 0 Å². The Morgan fingerprint density at radius 1 is 1.24 bits per heavy atom. The fourth-order valence-electron chi connectivity index (χ4n) is 1.96. The van der Waals surface area contributed by atoms with Gasteiger partial charge in [0.05, 0.1) is 5.69 Å². The van der Waals surface area contributed by atoms with E-state index >= 15 is 0 Å². The number of aryl methyl sites for hydroxylation is 1. The van der Waals surface area contributed by atoms with Gasteiger partial charge in [0, 0.05) is 21.1 Å². The second-order valence-electron chi connectivity index (χ2n) is 4.58. The molecular weight excluding hydrogens is 398 g/mol. The Balaban J connectivity index is 2.18. The van der Waals surface area contributed by atoms with Crippen molar-refractivity contribution in [1.29, 1.82) is 0 Å². The lowest BCUT2D eigenvalue weighted by atomic mass is 10.0. The van der Waals surface area contributed by atoms with Gasteiger partial charge in [-0.2, -0.15) is 0 Å². The Bertz CT molecular complexity index is 666. The summed E-state index contributed by atoms with van der Waals surface area (Å²) in [5, 5.41) is 15.1. The maximum atomic E-state index is 8.70. The highest BCUT2D eigenvalue weighted by Gasteiger charge is 2.07. The number of rotatable bonds is 4. The maximum absolute atomic E-state index is 8.70. The zero-order valence-corrected chi connectivity index (χ0v) is 14.6. The van der Waals surface area contributed by atoms with Gasteiger partial charge < -0.3 is 16.3 Å². The van der Waals surface area contributed by atoms with Crippen molar-refractivity contribution in [3.63, 3.8) is 0 Å². The third kappa shape index (κ3) is 3.77. The van der Waals surface area contributed by atoms with E-state index in [1.165, 1.54) is 0 Å². The highest BCUT2D eigenvalue weighted by Crippen LogP contribution is 2.31. The molecule has 0 radical (unpaired) electrons. The molecule has 4 N–H and O–H groups in total. The lowest BCUT2D eigenvalue weighted by Crippen LogP contribution is -2.13. The van der Waals surface area contributed by atoms with E-state index in [4.69, 9.17) is 10.9 Å². The summed E-state index contributed by atoms with van der Waals surface area (Å²) in [6, 6.07) is 11.7. The molecule has 0 saturated heterocycles. The molecule has 0 aliphatic carbocycles. The first-order chi connectivity index (χ1) is 10.0. The van der Waals surface area contributed by atoms with Crippen molar-refractivity contribution in [3.05, 3.63) is 62.0 Å². The van der Waals surface area contributed by atoms with Gasteiger partial charge >= 0.3 is 0 Å². The maximum Gasteiger partial charge on any atom is 0.170 e. The van der Waals surface area contributed by atoms with Crippen LogP contribution < -0.4 is 11.1 Å². The lowest BCUT2D eigenvalue weighted by molar-refractivity contribution is 0.318. The number of anilines is 1. The fraction of sp³-hybridized carbons (Fsp3) is 0.133. The van der Waals surface area contributed by atoms with Gasteiger partial charge in [-0.3, -0.25) is 0 Å². The molecule has 0 spiro atoms. The summed E-state index contributed by atoms with van der Waals surface area (Å²) in [4.78, 5) is 0. The fourth-order valence-corrected chi connectivity index (χ4v) is 3.24. The van der Waals surface area contributed by atoms with E-state index < -0.39 is 0 Å². The molecule has 2 rings (SSSR count). The van der Waals surface area contributed by atoms with Crippen molar-refractivity contribution in [3.8, 4) is 0 Å². The van der Waals surface area contributed by atoms with Crippen LogP contribution in [0.4, 0.5) is 5.69 Å². The van der Waals surface area contributed by atoms with Crippen LogP contribution in [0.3, 0.4) is 0 Å². The highest BCUT2D eigenvalue weighted by molar-refractivity contribution is 9.11. The SMILES string of the molecule is Cc1cc(/C(N)=N/O)ccc1CNc1c(Br)cccc1Br. The molecule has 0 aliphatic heterocycles. The number of hydrogen-bond donors (Lipinski definition) is 3. The molecule has 2 aromatic rings. The largest absolute Gasteiger partial charge is 0.409 e. The average Bonchev–Trinajstić information content (AvgIpc) is 2.47. The van der Waals surface area contributed by atoms with Crippen LogP contribution in [-0.4, -0.2) is 11.0 Å². The van der Waals surface area contributed by atoms with Crippen molar-refractivity contribution in [2.45, 2.75) is 13.5 Å². The van der Waals surface area contributed by atoms with Crippen LogP contribution in [0.25, 0.3) is 0 Å². The first-order valence-electron chi connectivity index (χ1n) is 6.28. The van der Waals surface area contributed by atoms with Crippen LogP contribution in [-0.2, 0) is 6.54 Å². The summed E-state index contributed by atoms with van der Waals surface area (Å²) in [5.74, 6) is 0.117. The monoisotopic (exact) mass is 411 g/mol. The Morgan fingerprint density at radius 3 is 2.48 bits per heavy atom. The standard InChI is InChI=1S/C15H15Br2N3O/c1-9-7-10(15(18)20-21)5-6-11(9)8-19-14-12(16)3-2-4-13(14)17/h2-7,19,21H,8H2,1H3,(H2,18,20). The molecule has 6 heteroatoms. The lowest BCUT2D eigenvalue weighted by Gasteiger charge is -2.13. The van der Waals surface area contributed by atoms with Crippen LogP contribution in [0, 0.1) is 6.92 Å². The van der Waals surface area contributed by atoms with Gasteiger partial charge in [-0.25, -0.2) is 0 Å². The molecule has 0 unspecified atom stereocenters. The normalized spacial score (nSPS) is 11.5. The molecule has 0 aliphatic rings. The average molecular weight is 413 g/mol. The first kappa shape index (κ1) is 15.9. The Labute approximate surface area is 140 Å². The quantitative estimate of drug-likeness (QED) is 0.304. The predicted molar refractivity (Wildman–Crippen MR) is 92.9 cm³/mol. The summed E-state index contributed by atoms with van der Waals surface area (Å²) in [7, 11) is 0. The van der Waals surface area contributed by atoms with Gasteiger partial charge in [-0.15, -0.1) is 0 Å². The minimum atomic E-state index is 0.117. The zero-order chi connectivity index (χ0) is 15.4. The van der Waals surface area contributed by atoms with Crippen LogP contribution in [0.15, 0.2) is 50.5 Å². The molecule has 0 heterocycles. The van der Waals surface area contributed by atoms with E-state index in [0.29, 0.717) is 12.1 Å². The van der Waals surface area contributed by atoms with E-state index in [1.807, 2.05) is 43.3 Å². The summed E-state index contributed by atoms with van der Waals surface area (Å²) >= 11 is 7.05. The molecule has 0 amide bonds. The smallest absolute Gasteiger partial charge is 0.170 e. The number of oxime groups is 1. The molecule has 2 aromatic carbocycles. The molecule has 21 heavy (non-hydrogen) atoms. The van der Waals surface area contributed by atoms with Crippen LogP contribution >= 0.6 is 31.9 Å². The van der Waals surface area contributed by atoms with Crippen molar-refractivity contribution in [1.82, 2.24) is 0 Å². The highest BCUT2D eigenvalue weighted by atomic mass is 79.9. The van der Waals surface area contributed by atoms with Crippen molar-refractivity contribution < 1.29 is 5.21 Å². The summed E-state index contributed by atoms with van der Waals surface area (Å²) < 4.78 is 2.01. The van der Waals surface area contributed by atoms with Crippen LogP contribution in [0.5, 0.6) is 0 Å². The number of halogens is 2. The van der Waals surface area contributed by atoms with Gasteiger partial charge in [0.1, 0.15) is 0 Å². The predicted octanol–water partition coefficient (Wildman–Crippen LogP) is 4.23. The summed E-state index contributed by atoms with van der Waals surface area (Å²) in [6.07, 6.45) is 0. The van der Waals surface area contributed by atoms with Gasteiger partial charge in [-0.1, -0.05) is 23.4 Å². The van der Waals surface area contributed by atoms with E-state index in [2.05, 4.69) is 42.3 Å².